The largest absolute Gasteiger partial charge is 0.405 e. The van der Waals surface area contributed by atoms with Crippen molar-refractivity contribution >= 4 is 11.6 Å². The first kappa shape index (κ1) is 14.9. The SMILES string of the molecule is CCNc1ncnc(N(CC(F)(F)F)C2CC2)c1CC. The molecule has 20 heavy (non-hydrogen) atoms. The summed E-state index contributed by atoms with van der Waals surface area (Å²) in [5.74, 6) is 1.05. The zero-order chi connectivity index (χ0) is 14.8. The molecule has 0 aliphatic heterocycles. The first-order valence-electron chi connectivity index (χ1n) is 6.87. The maximum atomic E-state index is 12.8. The second-order valence-electron chi connectivity index (χ2n) is 4.88. The van der Waals surface area contributed by atoms with E-state index in [9.17, 15) is 13.2 Å². The average molecular weight is 288 g/mol. The van der Waals surface area contributed by atoms with Gasteiger partial charge in [-0.3, -0.25) is 0 Å². The van der Waals surface area contributed by atoms with Crippen molar-refractivity contribution in [2.45, 2.75) is 45.3 Å². The second kappa shape index (κ2) is 5.85. The van der Waals surface area contributed by atoms with E-state index in [1.165, 1.54) is 11.2 Å². The maximum Gasteiger partial charge on any atom is 0.405 e. The van der Waals surface area contributed by atoms with Gasteiger partial charge in [0.2, 0.25) is 0 Å². The van der Waals surface area contributed by atoms with Crippen molar-refractivity contribution < 1.29 is 13.2 Å². The first-order valence-corrected chi connectivity index (χ1v) is 6.87. The third kappa shape index (κ3) is 3.52. The molecule has 1 aromatic rings. The quantitative estimate of drug-likeness (QED) is 0.873. The molecule has 7 heteroatoms. The summed E-state index contributed by atoms with van der Waals surface area (Å²) in [5.41, 5.74) is 0.755. The Morgan fingerprint density at radius 2 is 2.00 bits per heavy atom. The number of aromatic nitrogens is 2. The minimum Gasteiger partial charge on any atom is -0.370 e. The molecule has 0 radical (unpaired) electrons. The van der Waals surface area contributed by atoms with Crippen LogP contribution in [0.1, 0.15) is 32.3 Å². The summed E-state index contributed by atoms with van der Waals surface area (Å²) in [6.07, 6.45) is -0.714. The molecule has 0 spiro atoms. The summed E-state index contributed by atoms with van der Waals surface area (Å²) in [7, 11) is 0. The van der Waals surface area contributed by atoms with E-state index in [2.05, 4.69) is 15.3 Å². The number of alkyl halides is 3. The van der Waals surface area contributed by atoms with Gasteiger partial charge in [-0.15, -0.1) is 0 Å². The summed E-state index contributed by atoms with van der Waals surface area (Å²) in [6.45, 7) is 3.55. The molecule has 112 valence electrons. The molecule has 1 saturated carbocycles. The Morgan fingerprint density at radius 3 is 2.50 bits per heavy atom. The van der Waals surface area contributed by atoms with E-state index in [0.29, 0.717) is 24.6 Å². The summed E-state index contributed by atoms with van der Waals surface area (Å²) in [6, 6.07) is -0.0497. The Morgan fingerprint density at radius 1 is 1.30 bits per heavy atom. The molecule has 0 unspecified atom stereocenters. The molecule has 1 N–H and O–H groups in total. The van der Waals surface area contributed by atoms with Crippen LogP contribution in [0.4, 0.5) is 24.8 Å². The molecular formula is C13H19F3N4. The van der Waals surface area contributed by atoms with E-state index < -0.39 is 12.7 Å². The van der Waals surface area contributed by atoms with Crippen molar-refractivity contribution in [2.75, 3.05) is 23.3 Å². The van der Waals surface area contributed by atoms with Crippen LogP contribution in [0.2, 0.25) is 0 Å². The normalized spacial score (nSPS) is 15.2. The third-order valence-corrected chi connectivity index (χ3v) is 3.23. The third-order valence-electron chi connectivity index (χ3n) is 3.23. The van der Waals surface area contributed by atoms with Crippen LogP contribution in [-0.4, -0.2) is 35.3 Å². The number of nitrogens with one attached hydrogen (secondary N) is 1. The highest BCUT2D eigenvalue weighted by Crippen LogP contribution is 2.36. The zero-order valence-corrected chi connectivity index (χ0v) is 11.7. The Balaban J connectivity index is 2.34. The summed E-state index contributed by atoms with van der Waals surface area (Å²) >= 11 is 0. The van der Waals surface area contributed by atoms with Gasteiger partial charge in [0, 0.05) is 18.2 Å². The molecule has 0 saturated heterocycles. The Kier molecular flexibility index (Phi) is 4.35. The summed E-state index contributed by atoms with van der Waals surface area (Å²) in [5, 5.41) is 3.09. The highest BCUT2D eigenvalue weighted by atomic mass is 19.4. The van der Waals surface area contributed by atoms with Crippen LogP contribution in [0.3, 0.4) is 0 Å². The van der Waals surface area contributed by atoms with Crippen LogP contribution in [-0.2, 0) is 6.42 Å². The molecule has 0 aromatic carbocycles. The van der Waals surface area contributed by atoms with Gasteiger partial charge in [-0.2, -0.15) is 13.2 Å². The standard InChI is InChI=1S/C13H19F3N4/c1-3-10-11(17-4-2)18-8-19-12(10)20(9-5-6-9)7-13(14,15)16/h8-9H,3-7H2,1-2H3,(H,17,18,19). The van der Waals surface area contributed by atoms with E-state index in [0.717, 1.165) is 18.4 Å². The average Bonchev–Trinajstić information content (AvgIpc) is 3.19. The topological polar surface area (TPSA) is 41.1 Å². The fraction of sp³-hybridized carbons (Fsp3) is 0.692. The van der Waals surface area contributed by atoms with Crippen molar-refractivity contribution in [3.05, 3.63) is 11.9 Å². The number of hydrogen-bond donors (Lipinski definition) is 1. The van der Waals surface area contributed by atoms with E-state index in [1.54, 1.807) is 0 Å². The lowest BCUT2D eigenvalue weighted by molar-refractivity contribution is -0.120. The van der Waals surface area contributed by atoms with Gasteiger partial charge in [-0.25, -0.2) is 9.97 Å². The van der Waals surface area contributed by atoms with Crippen LogP contribution in [0.25, 0.3) is 0 Å². The van der Waals surface area contributed by atoms with Gasteiger partial charge in [0.15, 0.2) is 0 Å². The first-order chi connectivity index (χ1) is 9.46. The molecule has 1 aliphatic rings. The van der Waals surface area contributed by atoms with Crippen molar-refractivity contribution in [2.24, 2.45) is 0 Å². The lowest BCUT2D eigenvalue weighted by Crippen LogP contribution is -2.37. The van der Waals surface area contributed by atoms with E-state index in [-0.39, 0.29) is 6.04 Å². The number of anilines is 2. The van der Waals surface area contributed by atoms with E-state index in [1.807, 2.05) is 13.8 Å². The molecular weight excluding hydrogens is 269 g/mol. The maximum absolute atomic E-state index is 12.8. The molecule has 0 bridgehead atoms. The van der Waals surface area contributed by atoms with Crippen LogP contribution in [0, 0.1) is 0 Å². The minimum atomic E-state index is -4.23. The molecule has 1 aliphatic carbocycles. The van der Waals surface area contributed by atoms with Gasteiger partial charge in [0.25, 0.3) is 0 Å². The molecule has 2 rings (SSSR count). The highest BCUT2D eigenvalue weighted by Gasteiger charge is 2.39. The Hall–Kier alpha value is -1.53. The summed E-state index contributed by atoms with van der Waals surface area (Å²) < 4.78 is 38.3. The van der Waals surface area contributed by atoms with Gasteiger partial charge < -0.3 is 10.2 Å². The van der Waals surface area contributed by atoms with Gasteiger partial charge in [-0.1, -0.05) is 6.92 Å². The van der Waals surface area contributed by atoms with Gasteiger partial charge in [0.05, 0.1) is 0 Å². The van der Waals surface area contributed by atoms with Gasteiger partial charge in [-0.05, 0) is 26.2 Å². The van der Waals surface area contributed by atoms with E-state index in [4.69, 9.17) is 0 Å². The Labute approximate surface area is 116 Å². The van der Waals surface area contributed by atoms with Crippen molar-refractivity contribution in [1.29, 1.82) is 0 Å². The van der Waals surface area contributed by atoms with Crippen LogP contribution < -0.4 is 10.2 Å². The predicted molar refractivity (Wildman–Crippen MR) is 72.0 cm³/mol. The fourth-order valence-corrected chi connectivity index (χ4v) is 2.25. The number of hydrogen-bond acceptors (Lipinski definition) is 4. The smallest absolute Gasteiger partial charge is 0.370 e. The highest BCUT2D eigenvalue weighted by molar-refractivity contribution is 5.59. The fourth-order valence-electron chi connectivity index (χ4n) is 2.25. The lowest BCUT2D eigenvalue weighted by atomic mass is 10.2. The minimum absolute atomic E-state index is 0.0497. The molecule has 1 fully saturated rings. The summed E-state index contributed by atoms with van der Waals surface area (Å²) in [4.78, 5) is 9.62. The zero-order valence-electron chi connectivity index (χ0n) is 11.7. The van der Waals surface area contributed by atoms with Gasteiger partial charge in [0.1, 0.15) is 24.5 Å². The molecule has 0 amide bonds. The Bertz CT molecular complexity index is 457. The van der Waals surface area contributed by atoms with Crippen LogP contribution in [0.15, 0.2) is 6.33 Å². The van der Waals surface area contributed by atoms with Crippen molar-refractivity contribution in [3.63, 3.8) is 0 Å². The monoisotopic (exact) mass is 288 g/mol. The predicted octanol–water partition coefficient (Wildman–Crippen LogP) is 3.00. The second-order valence-corrected chi connectivity index (χ2v) is 4.88. The van der Waals surface area contributed by atoms with Crippen molar-refractivity contribution in [3.8, 4) is 0 Å². The lowest BCUT2D eigenvalue weighted by Gasteiger charge is -2.27. The molecule has 1 heterocycles. The number of rotatable bonds is 6. The molecule has 4 nitrogen and oxygen atoms in total. The molecule has 0 atom stereocenters. The van der Waals surface area contributed by atoms with Gasteiger partial charge >= 0.3 is 6.18 Å². The molecule has 1 aromatic heterocycles. The number of nitrogens with zero attached hydrogens (tertiary/aromatic N) is 3. The van der Waals surface area contributed by atoms with E-state index >= 15 is 0 Å². The number of halogens is 3. The van der Waals surface area contributed by atoms with Crippen molar-refractivity contribution in [1.82, 2.24) is 9.97 Å². The van der Waals surface area contributed by atoms with Crippen LogP contribution >= 0.6 is 0 Å². The van der Waals surface area contributed by atoms with Crippen LogP contribution in [0.5, 0.6) is 0 Å².